The van der Waals surface area contributed by atoms with E-state index in [2.05, 4.69) is 9.47 Å². The summed E-state index contributed by atoms with van der Waals surface area (Å²) < 4.78 is 103. The molecule has 3 atom stereocenters. The minimum atomic E-state index is -5.68. The van der Waals surface area contributed by atoms with Crippen LogP contribution in [-0.2, 0) is 9.47 Å². The molecule has 0 amide bonds. The average molecular weight is 368 g/mol. The predicted octanol–water partition coefficient (Wildman–Crippen LogP) is 5.41. The lowest BCUT2D eigenvalue weighted by atomic mass is 9.69. The van der Waals surface area contributed by atoms with Crippen LogP contribution in [0.5, 0.6) is 0 Å². The zero-order valence-electron chi connectivity index (χ0n) is 13.9. The van der Waals surface area contributed by atoms with E-state index in [9.17, 15) is 30.7 Å². The van der Waals surface area contributed by atoms with Gasteiger partial charge in [0.05, 0.1) is 0 Å². The molecule has 9 heteroatoms. The first-order valence-electron chi connectivity index (χ1n) is 7.73. The van der Waals surface area contributed by atoms with Crippen molar-refractivity contribution < 1.29 is 40.2 Å². The minimum absolute atomic E-state index is 0.111. The van der Waals surface area contributed by atoms with Gasteiger partial charge in [0.2, 0.25) is 0 Å². The van der Waals surface area contributed by atoms with Crippen LogP contribution in [0.3, 0.4) is 0 Å². The number of hydrogen-bond acceptors (Lipinski definition) is 2. The van der Waals surface area contributed by atoms with Crippen LogP contribution in [-0.4, -0.2) is 37.5 Å². The predicted molar refractivity (Wildman–Crippen MR) is 73.1 cm³/mol. The van der Waals surface area contributed by atoms with Gasteiger partial charge in [-0.1, -0.05) is 13.3 Å². The Hall–Kier alpha value is -0.570. The van der Waals surface area contributed by atoms with E-state index < -0.39 is 42.8 Å². The first-order valence-corrected chi connectivity index (χ1v) is 7.73. The molecule has 0 aliphatic heterocycles. The fourth-order valence-electron chi connectivity index (χ4n) is 3.57. The standard InChI is InChI=1S/C15H23F7O2/c1-4-10-5-11(7-12(2,16)6-10)8-13(14(17,18)19,15(20,21)22)24-9-23-3/h10-11H,4-9H2,1-3H3. The van der Waals surface area contributed by atoms with Crippen molar-refractivity contribution in [1.82, 2.24) is 0 Å². The zero-order valence-corrected chi connectivity index (χ0v) is 13.9. The number of rotatable bonds is 6. The SMILES string of the molecule is CCC1CC(CC(OCOC)(C(F)(F)F)C(F)(F)F)CC(C)(F)C1. The molecule has 0 spiro atoms. The average Bonchev–Trinajstić information content (AvgIpc) is 2.38. The third-order valence-corrected chi connectivity index (χ3v) is 4.59. The summed E-state index contributed by atoms with van der Waals surface area (Å²) in [6.07, 6.45) is -12.3. The maximum absolute atomic E-state index is 14.4. The number of halogens is 7. The van der Waals surface area contributed by atoms with Gasteiger partial charge in [-0.05, 0) is 44.4 Å². The van der Waals surface area contributed by atoms with Gasteiger partial charge in [-0.25, -0.2) is 4.39 Å². The molecule has 24 heavy (non-hydrogen) atoms. The highest BCUT2D eigenvalue weighted by molar-refractivity contribution is 5.00. The van der Waals surface area contributed by atoms with Gasteiger partial charge in [0.25, 0.3) is 5.60 Å². The second kappa shape index (κ2) is 7.35. The van der Waals surface area contributed by atoms with E-state index in [1.165, 1.54) is 6.92 Å². The van der Waals surface area contributed by atoms with Crippen molar-refractivity contribution in [2.24, 2.45) is 11.8 Å². The van der Waals surface area contributed by atoms with Gasteiger partial charge >= 0.3 is 12.4 Å². The van der Waals surface area contributed by atoms with Crippen molar-refractivity contribution in [2.75, 3.05) is 13.9 Å². The molecule has 0 saturated heterocycles. The van der Waals surface area contributed by atoms with Crippen molar-refractivity contribution in [3.8, 4) is 0 Å². The van der Waals surface area contributed by atoms with Crippen LogP contribution in [0.1, 0.15) is 46.0 Å². The summed E-state index contributed by atoms with van der Waals surface area (Å²) in [7, 11) is 0.934. The van der Waals surface area contributed by atoms with Gasteiger partial charge in [-0.2, -0.15) is 26.3 Å². The molecule has 1 aliphatic rings. The van der Waals surface area contributed by atoms with Gasteiger partial charge in [0.15, 0.2) is 0 Å². The van der Waals surface area contributed by atoms with Crippen LogP contribution in [0.4, 0.5) is 30.7 Å². The lowest BCUT2D eigenvalue weighted by Gasteiger charge is -2.43. The highest BCUT2D eigenvalue weighted by Crippen LogP contribution is 2.53. The maximum Gasteiger partial charge on any atom is 0.426 e. The van der Waals surface area contributed by atoms with Gasteiger partial charge < -0.3 is 9.47 Å². The fourth-order valence-corrected chi connectivity index (χ4v) is 3.57. The Morgan fingerprint density at radius 1 is 1.00 bits per heavy atom. The molecule has 0 aromatic heterocycles. The van der Waals surface area contributed by atoms with Crippen molar-refractivity contribution in [1.29, 1.82) is 0 Å². The molecule has 1 fully saturated rings. The van der Waals surface area contributed by atoms with Gasteiger partial charge in [0.1, 0.15) is 12.5 Å². The number of alkyl halides is 7. The first-order chi connectivity index (χ1) is 10.8. The summed E-state index contributed by atoms with van der Waals surface area (Å²) in [5, 5.41) is 0. The van der Waals surface area contributed by atoms with Crippen molar-refractivity contribution in [3.63, 3.8) is 0 Å². The van der Waals surface area contributed by atoms with Crippen LogP contribution < -0.4 is 0 Å². The Kier molecular flexibility index (Phi) is 6.58. The summed E-state index contributed by atoms with van der Waals surface area (Å²) in [4.78, 5) is 0. The second-order valence-corrected chi connectivity index (χ2v) is 6.78. The molecule has 0 aromatic rings. The minimum Gasteiger partial charge on any atom is -0.359 e. The summed E-state index contributed by atoms with van der Waals surface area (Å²) in [6, 6.07) is 0. The van der Waals surface area contributed by atoms with E-state index in [4.69, 9.17) is 0 Å². The molecule has 3 unspecified atom stereocenters. The second-order valence-electron chi connectivity index (χ2n) is 6.78. The molecular weight excluding hydrogens is 345 g/mol. The topological polar surface area (TPSA) is 18.5 Å². The van der Waals surface area contributed by atoms with Crippen LogP contribution in [0.25, 0.3) is 0 Å². The summed E-state index contributed by atoms with van der Waals surface area (Å²) in [5.74, 6) is -1.33. The summed E-state index contributed by atoms with van der Waals surface area (Å²) >= 11 is 0. The lowest BCUT2D eigenvalue weighted by Crippen LogP contribution is -2.60. The Morgan fingerprint density at radius 2 is 1.50 bits per heavy atom. The van der Waals surface area contributed by atoms with Crippen molar-refractivity contribution in [2.45, 2.75) is 69.6 Å². The van der Waals surface area contributed by atoms with Crippen LogP contribution in [0, 0.1) is 11.8 Å². The van der Waals surface area contributed by atoms with Crippen molar-refractivity contribution >= 4 is 0 Å². The number of hydrogen-bond donors (Lipinski definition) is 0. The lowest BCUT2D eigenvalue weighted by molar-refractivity contribution is -0.397. The third-order valence-electron chi connectivity index (χ3n) is 4.59. The summed E-state index contributed by atoms with van der Waals surface area (Å²) in [5.41, 5.74) is -6.14. The Balaban J connectivity index is 3.15. The van der Waals surface area contributed by atoms with E-state index in [1.54, 1.807) is 6.92 Å². The van der Waals surface area contributed by atoms with E-state index >= 15 is 0 Å². The van der Waals surface area contributed by atoms with Crippen molar-refractivity contribution in [3.05, 3.63) is 0 Å². The van der Waals surface area contributed by atoms with Crippen LogP contribution >= 0.6 is 0 Å². The van der Waals surface area contributed by atoms with E-state index in [0.29, 0.717) is 6.42 Å². The molecule has 0 radical (unpaired) electrons. The normalized spacial score (nSPS) is 29.8. The molecule has 1 rings (SSSR count). The van der Waals surface area contributed by atoms with E-state index in [0.717, 1.165) is 7.11 Å². The molecule has 1 aliphatic carbocycles. The number of methoxy groups -OCH3 is 1. The summed E-state index contributed by atoms with van der Waals surface area (Å²) in [6.45, 7) is 1.81. The van der Waals surface area contributed by atoms with Crippen LogP contribution in [0.2, 0.25) is 0 Å². The Morgan fingerprint density at radius 3 is 1.92 bits per heavy atom. The van der Waals surface area contributed by atoms with Gasteiger partial charge in [-0.15, -0.1) is 0 Å². The molecule has 0 heterocycles. The molecule has 2 nitrogen and oxygen atoms in total. The zero-order chi connectivity index (χ0) is 18.8. The Labute approximate surface area is 136 Å². The highest BCUT2D eigenvalue weighted by Gasteiger charge is 2.72. The Bertz CT molecular complexity index is 390. The molecular formula is C15H23F7O2. The van der Waals surface area contributed by atoms with Crippen LogP contribution in [0.15, 0.2) is 0 Å². The molecule has 1 saturated carbocycles. The fraction of sp³-hybridized carbons (Fsp3) is 1.00. The molecule has 144 valence electrons. The monoisotopic (exact) mass is 368 g/mol. The van der Waals surface area contributed by atoms with E-state index in [-0.39, 0.29) is 25.2 Å². The van der Waals surface area contributed by atoms with Gasteiger partial charge in [0, 0.05) is 7.11 Å². The third kappa shape index (κ3) is 4.74. The van der Waals surface area contributed by atoms with E-state index in [1.807, 2.05) is 0 Å². The maximum atomic E-state index is 14.4. The first kappa shape index (κ1) is 21.5. The molecule has 0 N–H and O–H groups in total. The number of ether oxygens (including phenoxy) is 2. The quantitative estimate of drug-likeness (QED) is 0.461. The van der Waals surface area contributed by atoms with Gasteiger partial charge in [-0.3, -0.25) is 0 Å². The smallest absolute Gasteiger partial charge is 0.359 e. The largest absolute Gasteiger partial charge is 0.426 e. The highest BCUT2D eigenvalue weighted by atomic mass is 19.4. The molecule has 0 bridgehead atoms. The molecule has 0 aromatic carbocycles.